The number of rotatable bonds is 4. The minimum Gasteiger partial charge on any atom is -0.489 e. The van der Waals surface area contributed by atoms with Gasteiger partial charge in [-0.1, -0.05) is 30.3 Å². The molecule has 0 bridgehead atoms. The van der Waals surface area contributed by atoms with Gasteiger partial charge in [-0.25, -0.2) is 4.98 Å². The van der Waals surface area contributed by atoms with Gasteiger partial charge in [0.2, 0.25) is 5.89 Å². The Morgan fingerprint density at radius 1 is 1.08 bits per heavy atom. The van der Waals surface area contributed by atoms with Gasteiger partial charge in [0.05, 0.1) is 5.69 Å². The molecule has 0 aliphatic carbocycles. The molecule has 0 N–H and O–H groups in total. The van der Waals surface area contributed by atoms with E-state index in [4.69, 9.17) is 9.15 Å². The lowest BCUT2D eigenvalue weighted by Gasteiger charge is -2.19. The van der Waals surface area contributed by atoms with Crippen molar-refractivity contribution in [1.82, 2.24) is 9.88 Å². The number of hydrogen-bond acceptors (Lipinski definition) is 4. The highest BCUT2D eigenvalue weighted by Crippen LogP contribution is 2.27. The van der Waals surface area contributed by atoms with Gasteiger partial charge >= 0.3 is 0 Å². The van der Waals surface area contributed by atoms with Gasteiger partial charge in [-0.05, 0) is 36.9 Å². The van der Waals surface area contributed by atoms with Crippen LogP contribution in [0.15, 0.2) is 59.0 Å². The third-order valence-corrected chi connectivity index (χ3v) is 4.27. The number of aromatic nitrogens is 1. The average Bonchev–Trinajstić information content (AvgIpc) is 3.04. The molecular weight excluding hydrogens is 300 g/mol. The molecule has 4 heteroatoms. The highest BCUT2D eigenvalue weighted by atomic mass is 16.5. The Kier molecular flexibility index (Phi) is 4.05. The lowest BCUT2D eigenvalue weighted by atomic mass is 10.2. The van der Waals surface area contributed by atoms with Gasteiger partial charge in [0.15, 0.2) is 0 Å². The highest BCUT2D eigenvalue weighted by molar-refractivity contribution is 5.55. The Balaban J connectivity index is 1.46. The van der Waals surface area contributed by atoms with Crippen molar-refractivity contribution >= 4 is 0 Å². The normalized spacial score (nSPS) is 14.4. The summed E-state index contributed by atoms with van der Waals surface area (Å²) in [7, 11) is 2.11. The van der Waals surface area contributed by atoms with Crippen LogP contribution in [0.4, 0.5) is 0 Å². The summed E-state index contributed by atoms with van der Waals surface area (Å²) in [5.74, 6) is 2.57. The topological polar surface area (TPSA) is 38.5 Å². The van der Waals surface area contributed by atoms with Crippen LogP contribution in [0.1, 0.15) is 17.0 Å². The summed E-state index contributed by atoms with van der Waals surface area (Å²) in [4.78, 5) is 6.90. The van der Waals surface area contributed by atoms with E-state index in [1.165, 1.54) is 0 Å². The van der Waals surface area contributed by atoms with Crippen LogP contribution in [-0.2, 0) is 19.6 Å². The van der Waals surface area contributed by atoms with Crippen LogP contribution in [0.5, 0.6) is 5.75 Å². The van der Waals surface area contributed by atoms with Crippen molar-refractivity contribution in [1.29, 1.82) is 0 Å². The molecule has 0 saturated heterocycles. The van der Waals surface area contributed by atoms with Crippen molar-refractivity contribution in [3.8, 4) is 17.2 Å². The molecule has 1 aliphatic rings. The summed E-state index contributed by atoms with van der Waals surface area (Å²) in [6.45, 7) is 2.45. The Bertz CT molecular complexity index is 809. The smallest absolute Gasteiger partial charge is 0.226 e. The average molecular weight is 320 g/mol. The largest absolute Gasteiger partial charge is 0.489 e. The minimum atomic E-state index is 0.569. The standard InChI is InChI=1S/C20H20N2O2/c1-22-12-11-19-18(13-22)21-20(24-19)16-7-9-17(10-8-16)23-14-15-5-3-2-4-6-15/h2-10H,11-14H2,1H3. The van der Waals surface area contributed by atoms with Gasteiger partial charge < -0.3 is 9.15 Å². The van der Waals surface area contributed by atoms with Crippen LogP contribution >= 0.6 is 0 Å². The van der Waals surface area contributed by atoms with Gasteiger partial charge in [0.25, 0.3) is 0 Å². The monoisotopic (exact) mass is 320 g/mol. The van der Waals surface area contributed by atoms with E-state index in [1.54, 1.807) is 0 Å². The van der Waals surface area contributed by atoms with Crippen molar-refractivity contribution in [3.05, 3.63) is 71.6 Å². The second-order valence-electron chi connectivity index (χ2n) is 6.18. The van der Waals surface area contributed by atoms with E-state index in [2.05, 4.69) is 29.1 Å². The van der Waals surface area contributed by atoms with Crippen molar-refractivity contribution in [2.75, 3.05) is 13.6 Å². The summed E-state index contributed by atoms with van der Waals surface area (Å²) < 4.78 is 11.8. The maximum atomic E-state index is 5.93. The fourth-order valence-electron chi connectivity index (χ4n) is 2.89. The molecule has 0 amide bonds. The molecule has 4 nitrogen and oxygen atoms in total. The van der Waals surface area contributed by atoms with Gasteiger partial charge in [0.1, 0.15) is 18.1 Å². The first-order chi connectivity index (χ1) is 11.8. The fraction of sp³-hybridized carbons (Fsp3) is 0.250. The Labute approximate surface area is 141 Å². The molecule has 24 heavy (non-hydrogen) atoms. The number of oxazole rings is 1. The van der Waals surface area contributed by atoms with Crippen LogP contribution in [-0.4, -0.2) is 23.5 Å². The SMILES string of the molecule is CN1CCc2oc(-c3ccc(OCc4ccccc4)cc3)nc2C1. The molecule has 0 saturated carbocycles. The van der Waals surface area contributed by atoms with Crippen LogP contribution in [0.3, 0.4) is 0 Å². The number of benzene rings is 2. The lowest BCUT2D eigenvalue weighted by Crippen LogP contribution is -2.25. The third kappa shape index (κ3) is 3.19. The fourth-order valence-corrected chi connectivity index (χ4v) is 2.89. The van der Waals surface area contributed by atoms with Gasteiger partial charge in [-0.15, -0.1) is 0 Å². The molecule has 2 aromatic carbocycles. The number of nitrogens with zero attached hydrogens (tertiary/aromatic N) is 2. The van der Waals surface area contributed by atoms with Gasteiger partial charge in [-0.2, -0.15) is 0 Å². The molecule has 0 unspecified atom stereocenters. The highest BCUT2D eigenvalue weighted by Gasteiger charge is 2.20. The lowest BCUT2D eigenvalue weighted by molar-refractivity contribution is 0.292. The van der Waals surface area contributed by atoms with Crippen molar-refractivity contribution < 1.29 is 9.15 Å². The molecule has 122 valence electrons. The maximum Gasteiger partial charge on any atom is 0.226 e. The quantitative estimate of drug-likeness (QED) is 0.730. The molecule has 1 aliphatic heterocycles. The summed E-state index contributed by atoms with van der Waals surface area (Å²) in [6.07, 6.45) is 0.928. The molecule has 0 atom stereocenters. The summed E-state index contributed by atoms with van der Waals surface area (Å²) in [5.41, 5.74) is 3.20. The predicted octanol–water partition coefficient (Wildman–Crippen LogP) is 3.91. The Morgan fingerprint density at radius 3 is 2.67 bits per heavy atom. The molecule has 2 heterocycles. The van der Waals surface area contributed by atoms with Crippen LogP contribution < -0.4 is 4.74 Å². The van der Waals surface area contributed by atoms with E-state index in [-0.39, 0.29) is 0 Å². The van der Waals surface area contributed by atoms with Gasteiger partial charge in [0, 0.05) is 25.1 Å². The number of hydrogen-bond donors (Lipinski definition) is 0. The molecule has 4 rings (SSSR count). The Morgan fingerprint density at radius 2 is 1.88 bits per heavy atom. The molecule has 0 radical (unpaired) electrons. The molecule has 1 aromatic heterocycles. The molecular formula is C20H20N2O2. The third-order valence-electron chi connectivity index (χ3n) is 4.27. The van der Waals surface area contributed by atoms with Crippen molar-refractivity contribution in [2.45, 2.75) is 19.6 Å². The maximum absolute atomic E-state index is 5.93. The second kappa shape index (κ2) is 6.49. The van der Waals surface area contributed by atoms with E-state index >= 15 is 0 Å². The van der Waals surface area contributed by atoms with Crippen LogP contribution in [0.2, 0.25) is 0 Å². The predicted molar refractivity (Wildman–Crippen MR) is 92.8 cm³/mol. The summed E-state index contributed by atoms with van der Waals surface area (Å²) >= 11 is 0. The number of fused-ring (bicyclic) bond motifs is 1. The molecule has 0 fully saturated rings. The van der Waals surface area contributed by atoms with E-state index < -0.39 is 0 Å². The zero-order valence-electron chi connectivity index (χ0n) is 13.7. The van der Waals surface area contributed by atoms with Crippen molar-refractivity contribution in [2.24, 2.45) is 0 Å². The van der Waals surface area contributed by atoms with Crippen LogP contribution in [0.25, 0.3) is 11.5 Å². The first kappa shape index (κ1) is 15.0. The molecule has 0 spiro atoms. The van der Waals surface area contributed by atoms with E-state index in [0.717, 1.165) is 47.8 Å². The van der Waals surface area contributed by atoms with E-state index in [9.17, 15) is 0 Å². The van der Waals surface area contributed by atoms with Gasteiger partial charge in [-0.3, -0.25) is 4.90 Å². The van der Waals surface area contributed by atoms with Crippen molar-refractivity contribution in [3.63, 3.8) is 0 Å². The minimum absolute atomic E-state index is 0.569. The Hall–Kier alpha value is -2.59. The summed E-state index contributed by atoms with van der Waals surface area (Å²) in [5, 5.41) is 0. The number of ether oxygens (including phenoxy) is 1. The zero-order valence-corrected chi connectivity index (χ0v) is 13.7. The number of likely N-dealkylation sites (N-methyl/N-ethyl adjacent to an activating group) is 1. The second-order valence-corrected chi connectivity index (χ2v) is 6.18. The zero-order chi connectivity index (χ0) is 16.4. The van der Waals surface area contributed by atoms with Crippen LogP contribution in [0, 0.1) is 0 Å². The summed E-state index contributed by atoms with van der Waals surface area (Å²) in [6, 6.07) is 18.1. The first-order valence-electron chi connectivity index (χ1n) is 8.22. The van der Waals surface area contributed by atoms with E-state index in [1.807, 2.05) is 42.5 Å². The molecule has 3 aromatic rings. The van der Waals surface area contributed by atoms with E-state index in [0.29, 0.717) is 12.5 Å². The first-order valence-corrected chi connectivity index (χ1v) is 8.22.